The fourth-order valence-electron chi connectivity index (χ4n) is 3.01. The van der Waals surface area contributed by atoms with Gasteiger partial charge in [0.25, 0.3) is 0 Å². The van der Waals surface area contributed by atoms with E-state index in [9.17, 15) is 9.59 Å². The highest BCUT2D eigenvalue weighted by Crippen LogP contribution is 2.19. The third-order valence-corrected chi connectivity index (χ3v) is 5.04. The van der Waals surface area contributed by atoms with E-state index >= 15 is 0 Å². The Bertz CT molecular complexity index is 1040. The number of ketones is 1. The Labute approximate surface area is 169 Å². The molecule has 7 nitrogen and oxygen atoms in total. The van der Waals surface area contributed by atoms with E-state index in [4.69, 9.17) is 14.0 Å². The molecular weight excluding hydrogens is 372 g/mol. The number of carbonyl (C=O) groups excluding carboxylic acids is 2. The van der Waals surface area contributed by atoms with Crippen LogP contribution in [0.3, 0.4) is 0 Å². The molecule has 0 bridgehead atoms. The third-order valence-electron chi connectivity index (χ3n) is 5.04. The van der Waals surface area contributed by atoms with Crippen molar-refractivity contribution in [2.75, 3.05) is 6.61 Å². The van der Waals surface area contributed by atoms with E-state index in [0.717, 1.165) is 22.6 Å². The highest BCUT2D eigenvalue weighted by atomic mass is 16.5. The van der Waals surface area contributed by atoms with Gasteiger partial charge in [-0.3, -0.25) is 4.79 Å². The van der Waals surface area contributed by atoms with Crippen LogP contribution in [0.2, 0.25) is 0 Å². The summed E-state index contributed by atoms with van der Waals surface area (Å²) >= 11 is 0. The van der Waals surface area contributed by atoms with Gasteiger partial charge in [0.2, 0.25) is 5.78 Å². The Morgan fingerprint density at radius 2 is 1.90 bits per heavy atom. The molecule has 0 fully saturated rings. The number of esters is 1. The number of hydrogen-bond acceptors (Lipinski definition) is 6. The monoisotopic (exact) mass is 396 g/mol. The van der Waals surface area contributed by atoms with Crippen LogP contribution in [0.5, 0.6) is 5.75 Å². The number of aryl methyl sites for hydroxylation is 3. The molecule has 0 aliphatic heterocycles. The minimum absolute atomic E-state index is 0.231. The van der Waals surface area contributed by atoms with Gasteiger partial charge in [0.05, 0.1) is 16.8 Å². The molecule has 29 heavy (non-hydrogen) atoms. The van der Waals surface area contributed by atoms with Crippen LogP contribution >= 0.6 is 0 Å². The number of ether oxygens (including phenoxy) is 2. The first-order valence-corrected chi connectivity index (χ1v) is 9.25. The fourth-order valence-corrected chi connectivity index (χ4v) is 3.01. The van der Waals surface area contributed by atoms with Crippen LogP contribution < -0.4 is 4.74 Å². The van der Waals surface area contributed by atoms with Gasteiger partial charge in [-0.25, -0.2) is 4.79 Å². The van der Waals surface area contributed by atoms with E-state index in [0.29, 0.717) is 22.6 Å². The molecule has 2 heterocycles. The zero-order chi connectivity index (χ0) is 21.1. The van der Waals surface area contributed by atoms with Gasteiger partial charge >= 0.3 is 5.97 Å². The number of rotatable bonds is 7. The van der Waals surface area contributed by atoms with Gasteiger partial charge in [0, 0.05) is 24.0 Å². The Hall–Kier alpha value is -3.35. The summed E-state index contributed by atoms with van der Waals surface area (Å²) in [4.78, 5) is 24.8. The molecule has 0 aliphatic rings. The van der Waals surface area contributed by atoms with Crippen molar-refractivity contribution < 1.29 is 23.6 Å². The first kappa shape index (κ1) is 20.4. The maximum Gasteiger partial charge on any atom is 0.338 e. The molecule has 0 atom stereocenters. The number of aromatic nitrogens is 2. The standard InChI is InChI=1S/C22H24N2O5/c1-13-9-19(15(3)24(13)5)21(25)12-28-22(26)17-7-6-8-18(10-17)27-11-20-14(2)23-29-16(20)4/h6-10H,11-12H2,1-5H3. The molecule has 1 aromatic carbocycles. The van der Waals surface area contributed by atoms with Gasteiger partial charge in [0.1, 0.15) is 18.1 Å². The van der Waals surface area contributed by atoms with E-state index < -0.39 is 5.97 Å². The van der Waals surface area contributed by atoms with Crippen molar-refractivity contribution in [3.05, 3.63) is 69.9 Å². The van der Waals surface area contributed by atoms with E-state index in [1.807, 2.05) is 39.3 Å². The number of carbonyl (C=O) groups is 2. The van der Waals surface area contributed by atoms with Crippen molar-refractivity contribution in [2.45, 2.75) is 34.3 Å². The zero-order valence-corrected chi connectivity index (χ0v) is 17.2. The molecular formula is C22H24N2O5. The Morgan fingerprint density at radius 3 is 2.52 bits per heavy atom. The Morgan fingerprint density at radius 1 is 1.14 bits per heavy atom. The van der Waals surface area contributed by atoms with Crippen LogP contribution in [0.25, 0.3) is 0 Å². The van der Waals surface area contributed by atoms with Crippen molar-refractivity contribution in [1.29, 1.82) is 0 Å². The highest BCUT2D eigenvalue weighted by molar-refractivity contribution is 6.00. The van der Waals surface area contributed by atoms with Gasteiger partial charge in [-0.05, 0) is 52.0 Å². The summed E-state index contributed by atoms with van der Waals surface area (Å²) in [6.07, 6.45) is 0. The van der Waals surface area contributed by atoms with Gasteiger partial charge in [-0.2, -0.15) is 0 Å². The first-order valence-electron chi connectivity index (χ1n) is 9.25. The number of benzene rings is 1. The maximum atomic E-state index is 12.4. The lowest BCUT2D eigenvalue weighted by molar-refractivity contribution is 0.0474. The summed E-state index contributed by atoms with van der Waals surface area (Å²) in [6, 6.07) is 8.45. The lowest BCUT2D eigenvalue weighted by Crippen LogP contribution is -2.15. The van der Waals surface area contributed by atoms with Gasteiger partial charge < -0.3 is 18.6 Å². The molecule has 0 amide bonds. The first-order chi connectivity index (χ1) is 13.8. The lowest BCUT2D eigenvalue weighted by atomic mass is 10.1. The summed E-state index contributed by atoms with van der Waals surface area (Å²) in [7, 11) is 1.89. The minimum Gasteiger partial charge on any atom is -0.489 e. The molecule has 0 unspecified atom stereocenters. The third kappa shape index (κ3) is 4.39. The molecule has 0 saturated carbocycles. The zero-order valence-electron chi connectivity index (χ0n) is 17.2. The summed E-state index contributed by atoms with van der Waals surface area (Å²) in [5, 5.41) is 3.89. The van der Waals surface area contributed by atoms with Crippen molar-refractivity contribution in [2.24, 2.45) is 7.05 Å². The Kier molecular flexibility index (Phi) is 5.87. The fraction of sp³-hybridized carbons (Fsp3) is 0.318. The topological polar surface area (TPSA) is 83.6 Å². The van der Waals surface area contributed by atoms with E-state index in [1.165, 1.54) is 0 Å². The second kappa shape index (κ2) is 8.34. The second-order valence-corrected chi connectivity index (χ2v) is 6.96. The van der Waals surface area contributed by atoms with Crippen molar-refractivity contribution in [1.82, 2.24) is 9.72 Å². The molecule has 2 aromatic heterocycles. The van der Waals surface area contributed by atoms with Crippen LogP contribution in [0.4, 0.5) is 0 Å². The molecule has 3 rings (SSSR count). The largest absolute Gasteiger partial charge is 0.489 e. The average Bonchev–Trinajstić information content (AvgIpc) is 3.17. The van der Waals surface area contributed by atoms with Gasteiger partial charge in [-0.1, -0.05) is 11.2 Å². The van der Waals surface area contributed by atoms with E-state index in [2.05, 4.69) is 5.16 Å². The summed E-state index contributed by atoms with van der Waals surface area (Å²) in [6.45, 7) is 7.42. The van der Waals surface area contributed by atoms with Crippen LogP contribution in [-0.4, -0.2) is 28.1 Å². The quantitative estimate of drug-likeness (QED) is 0.445. The molecule has 0 N–H and O–H groups in total. The predicted octanol–water partition coefficient (Wildman–Crippen LogP) is 3.87. The molecule has 3 aromatic rings. The molecule has 152 valence electrons. The second-order valence-electron chi connectivity index (χ2n) is 6.96. The highest BCUT2D eigenvalue weighted by Gasteiger charge is 2.17. The molecule has 0 saturated heterocycles. The lowest BCUT2D eigenvalue weighted by Gasteiger charge is -2.08. The smallest absolute Gasteiger partial charge is 0.338 e. The summed E-state index contributed by atoms with van der Waals surface area (Å²) < 4.78 is 18.0. The summed E-state index contributed by atoms with van der Waals surface area (Å²) in [5.74, 6) is 0.403. The van der Waals surface area contributed by atoms with Crippen molar-refractivity contribution in [3.63, 3.8) is 0 Å². The van der Waals surface area contributed by atoms with Crippen LogP contribution in [0, 0.1) is 27.7 Å². The van der Waals surface area contributed by atoms with Gasteiger partial charge in [-0.15, -0.1) is 0 Å². The van der Waals surface area contributed by atoms with Crippen molar-refractivity contribution >= 4 is 11.8 Å². The van der Waals surface area contributed by atoms with E-state index in [1.54, 1.807) is 30.3 Å². The molecule has 0 spiro atoms. The SMILES string of the molecule is Cc1noc(C)c1COc1cccc(C(=O)OCC(=O)c2cc(C)n(C)c2C)c1. The number of nitrogens with zero attached hydrogens (tertiary/aromatic N) is 2. The molecule has 7 heteroatoms. The van der Waals surface area contributed by atoms with Crippen LogP contribution in [0.1, 0.15) is 49.1 Å². The number of Topliss-reactive ketones (excluding diaryl/α,β-unsaturated/α-hetero) is 1. The number of hydrogen-bond donors (Lipinski definition) is 0. The normalized spacial score (nSPS) is 10.8. The van der Waals surface area contributed by atoms with E-state index in [-0.39, 0.29) is 19.0 Å². The Balaban J connectivity index is 1.62. The maximum absolute atomic E-state index is 12.4. The summed E-state index contributed by atoms with van der Waals surface area (Å²) in [5.41, 5.74) is 4.34. The average molecular weight is 396 g/mol. The van der Waals surface area contributed by atoms with Crippen LogP contribution in [0.15, 0.2) is 34.9 Å². The molecule has 0 radical (unpaired) electrons. The van der Waals surface area contributed by atoms with Gasteiger partial charge in [0.15, 0.2) is 6.61 Å². The minimum atomic E-state index is -0.577. The van der Waals surface area contributed by atoms with Crippen LogP contribution in [-0.2, 0) is 18.4 Å². The molecule has 0 aliphatic carbocycles. The predicted molar refractivity (Wildman–Crippen MR) is 106 cm³/mol. The van der Waals surface area contributed by atoms with Crippen molar-refractivity contribution in [3.8, 4) is 5.75 Å².